The smallest absolute Gasteiger partial charge is 0.399 e. The minimum Gasteiger partial charge on any atom is -0.492 e. The number of hydrogen-bond donors (Lipinski definition) is 5. The Morgan fingerprint density at radius 3 is 2.42 bits per heavy atom. The Balaban J connectivity index is 1.80. The van der Waals surface area contributed by atoms with Gasteiger partial charge in [-0.15, -0.1) is 11.8 Å². The minimum atomic E-state index is -5.73. The van der Waals surface area contributed by atoms with Gasteiger partial charge in [0.25, 0.3) is 5.91 Å². The van der Waals surface area contributed by atoms with E-state index in [1.807, 2.05) is 0 Å². The van der Waals surface area contributed by atoms with Crippen molar-refractivity contribution in [2.45, 2.75) is 49.3 Å². The third-order valence-electron chi connectivity index (χ3n) is 5.79. The van der Waals surface area contributed by atoms with Crippen LogP contribution in [0.3, 0.4) is 0 Å². The molecule has 0 aliphatic carbocycles. The van der Waals surface area contributed by atoms with E-state index in [1.165, 1.54) is 30.8 Å². The predicted octanol–water partition coefficient (Wildman–Crippen LogP) is 2.81. The molecule has 0 bridgehead atoms. The molecule has 1 aliphatic heterocycles. The van der Waals surface area contributed by atoms with E-state index in [0.29, 0.717) is 23.5 Å². The molecule has 206 valence electrons. The molecule has 10 nitrogen and oxygen atoms in total. The number of thioether (sulfide) groups is 1. The Morgan fingerprint density at radius 1 is 1.18 bits per heavy atom. The number of nitrogens with one attached hydrogen (secondary N) is 2. The van der Waals surface area contributed by atoms with E-state index >= 15 is 0 Å². The van der Waals surface area contributed by atoms with Gasteiger partial charge >= 0.3 is 13.3 Å². The van der Waals surface area contributed by atoms with Crippen molar-refractivity contribution in [3.05, 3.63) is 58.7 Å². The number of ether oxygens (including phenoxy) is 1. The Hall–Kier alpha value is -2.99. The average Bonchev–Trinajstić information content (AvgIpc) is 3.07. The number of amides is 3. The van der Waals surface area contributed by atoms with Crippen molar-refractivity contribution in [1.29, 1.82) is 0 Å². The zero-order valence-electron chi connectivity index (χ0n) is 20.6. The van der Waals surface area contributed by atoms with Crippen LogP contribution in [0.25, 0.3) is 0 Å². The molecule has 3 amide bonds. The minimum absolute atomic E-state index is 0.0830. The van der Waals surface area contributed by atoms with Crippen molar-refractivity contribution >= 4 is 37.1 Å². The van der Waals surface area contributed by atoms with Gasteiger partial charge in [0.05, 0.1) is 23.1 Å². The second-order valence-corrected chi connectivity index (χ2v) is 11.6. The van der Waals surface area contributed by atoms with Crippen LogP contribution in [0.4, 0.5) is 8.78 Å². The SMILES string of the molecule is CC(=O)N[C@@H](Cc1ccc(C(F)(F)P(=O)(O)O)cc1)C(=O)N[C@@H](C)c1cc2c(c(C(N)=O)c1)OCCCS2. The van der Waals surface area contributed by atoms with Gasteiger partial charge in [0, 0.05) is 24.7 Å². The number of alkyl halides is 2. The summed E-state index contributed by atoms with van der Waals surface area (Å²) in [5, 5.41) is 5.31. The first-order chi connectivity index (χ1) is 17.7. The second kappa shape index (κ2) is 11.8. The van der Waals surface area contributed by atoms with Crippen molar-refractivity contribution < 1.29 is 42.3 Å². The number of halogens is 2. The number of carbonyl (C=O) groups excluding carboxylic acids is 3. The Labute approximate surface area is 221 Å². The van der Waals surface area contributed by atoms with E-state index in [1.54, 1.807) is 19.1 Å². The normalized spacial score (nSPS) is 15.3. The number of benzene rings is 2. The summed E-state index contributed by atoms with van der Waals surface area (Å²) in [7, 11) is -5.73. The number of carbonyl (C=O) groups is 3. The first-order valence-corrected chi connectivity index (χ1v) is 14.1. The highest BCUT2D eigenvalue weighted by atomic mass is 32.2. The third kappa shape index (κ3) is 6.90. The molecule has 0 aromatic heterocycles. The molecule has 6 N–H and O–H groups in total. The Kier molecular flexibility index (Phi) is 9.19. The van der Waals surface area contributed by atoms with Crippen molar-refractivity contribution in [3.8, 4) is 5.75 Å². The van der Waals surface area contributed by atoms with Crippen LogP contribution in [0.1, 0.15) is 53.4 Å². The number of rotatable bonds is 9. The lowest BCUT2D eigenvalue weighted by molar-refractivity contribution is -0.128. The van der Waals surface area contributed by atoms with E-state index in [2.05, 4.69) is 10.6 Å². The molecule has 2 aromatic carbocycles. The monoisotopic (exact) mass is 571 g/mol. The van der Waals surface area contributed by atoms with Crippen molar-refractivity contribution in [2.75, 3.05) is 12.4 Å². The lowest BCUT2D eigenvalue weighted by Gasteiger charge is -2.23. The van der Waals surface area contributed by atoms with Crippen molar-refractivity contribution in [1.82, 2.24) is 10.6 Å². The Morgan fingerprint density at radius 2 is 1.84 bits per heavy atom. The highest BCUT2D eigenvalue weighted by molar-refractivity contribution is 7.99. The molecule has 2 atom stereocenters. The third-order valence-corrected chi connectivity index (χ3v) is 7.89. The molecule has 0 saturated heterocycles. The molecule has 2 aromatic rings. The highest BCUT2D eigenvalue weighted by Crippen LogP contribution is 2.59. The second-order valence-electron chi connectivity index (χ2n) is 8.78. The highest BCUT2D eigenvalue weighted by Gasteiger charge is 2.50. The van der Waals surface area contributed by atoms with Crippen molar-refractivity contribution in [2.24, 2.45) is 5.73 Å². The first kappa shape index (κ1) is 29.6. The summed E-state index contributed by atoms with van der Waals surface area (Å²) < 4.78 is 44.7. The van der Waals surface area contributed by atoms with Crippen LogP contribution < -0.4 is 21.1 Å². The van der Waals surface area contributed by atoms with Crippen LogP contribution in [-0.2, 0) is 26.2 Å². The summed E-state index contributed by atoms with van der Waals surface area (Å²) in [6.07, 6.45) is 0.704. The summed E-state index contributed by atoms with van der Waals surface area (Å²) in [5.74, 6) is -0.563. The predicted molar refractivity (Wildman–Crippen MR) is 136 cm³/mol. The molecule has 1 heterocycles. The summed E-state index contributed by atoms with van der Waals surface area (Å²) in [4.78, 5) is 55.5. The molecule has 38 heavy (non-hydrogen) atoms. The molecule has 14 heteroatoms. The van der Waals surface area contributed by atoms with Crippen LogP contribution in [0, 0.1) is 0 Å². The summed E-state index contributed by atoms with van der Waals surface area (Å²) in [6.45, 7) is 3.36. The van der Waals surface area contributed by atoms with Crippen molar-refractivity contribution in [3.63, 3.8) is 0 Å². The van der Waals surface area contributed by atoms with Gasteiger partial charge in [-0.3, -0.25) is 18.9 Å². The van der Waals surface area contributed by atoms with Gasteiger partial charge < -0.3 is 30.9 Å². The quantitative estimate of drug-likeness (QED) is 0.286. The average molecular weight is 572 g/mol. The zero-order chi connectivity index (χ0) is 28.3. The first-order valence-electron chi connectivity index (χ1n) is 11.5. The molecule has 0 spiro atoms. The maximum absolute atomic E-state index is 13.9. The van der Waals surface area contributed by atoms with Gasteiger partial charge in [-0.2, -0.15) is 8.78 Å². The van der Waals surface area contributed by atoms with Gasteiger partial charge in [0.2, 0.25) is 11.8 Å². The molecule has 3 rings (SSSR count). The van der Waals surface area contributed by atoms with Gasteiger partial charge in [0.15, 0.2) is 0 Å². The van der Waals surface area contributed by atoms with E-state index in [9.17, 15) is 27.7 Å². The topological polar surface area (TPSA) is 168 Å². The fraction of sp³-hybridized carbons (Fsp3) is 0.375. The molecule has 1 aliphatic rings. The number of primary amides is 1. The van der Waals surface area contributed by atoms with Gasteiger partial charge in [-0.25, -0.2) is 0 Å². The van der Waals surface area contributed by atoms with Gasteiger partial charge in [-0.1, -0.05) is 24.3 Å². The van der Waals surface area contributed by atoms with E-state index in [4.69, 9.17) is 20.3 Å². The maximum atomic E-state index is 13.9. The molecule has 0 saturated carbocycles. The molecule has 0 unspecified atom stereocenters. The fourth-order valence-corrected chi connectivity index (χ4v) is 5.31. The molecular formula is C24H28F2N3O7PS. The summed E-state index contributed by atoms with van der Waals surface area (Å²) in [6, 6.07) is 5.79. The summed E-state index contributed by atoms with van der Waals surface area (Å²) >= 11 is 1.51. The van der Waals surface area contributed by atoms with Crippen LogP contribution in [0.5, 0.6) is 5.75 Å². The van der Waals surface area contributed by atoms with E-state index in [0.717, 1.165) is 29.2 Å². The number of nitrogens with two attached hydrogens (primary N) is 1. The fourth-order valence-electron chi connectivity index (χ4n) is 3.83. The molecular weight excluding hydrogens is 543 g/mol. The van der Waals surface area contributed by atoms with E-state index < -0.39 is 48.6 Å². The van der Waals surface area contributed by atoms with Crippen LogP contribution in [-0.4, -0.2) is 45.9 Å². The van der Waals surface area contributed by atoms with Crippen LogP contribution in [0.2, 0.25) is 0 Å². The van der Waals surface area contributed by atoms with Crippen LogP contribution >= 0.6 is 19.4 Å². The Bertz CT molecular complexity index is 1270. The summed E-state index contributed by atoms with van der Waals surface area (Å²) in [5.41, 5.74) is 1.47. The molecule has 0 fully saturated rings. The standard InChI is InChI=1S/C24H28F2N3O7PS/c1-13(16-11-18(22(27)31)21-20(12-16)38-9-3-8-36-21)28-23(32)19(29-14(2)30)10-15-4-6-17(7-5-15)24(25,26)37(33,34)35/h4-7,11-13,19H,3,8-10H2,1-2H3,(H2,27,31)(H,28,32)(H,29,30)(H2,33,34,35)/t13-,19-/m0/s1. The van der Waals surface area contributed by atoms with Gasteiger partial charge in [0.1, 0.15) is 11.8 Å². The van der Waals surface area contributed by atoms with Crippen LogP contribution in [0.15, 0.2) is 41.3 Å². The largest absolute Gasteiger partial charge is 0.492 e. The zero-order valence-corrected chi connectivity index (χ0v) is 22.3. The maximum Gasteiger partial charge on any atom is 0.399 e. The number of fused-ring (bicyclic) bond motifs is 1. The number of hydrogen-bond acceptors (Lipinski definition) is 6. The van der Waals surface area contributed by atoms with Gasteiger partial charge in [-0.05, 0) is 36.6 Å². The van der Waals surface area contributed by atoms with E-state index in [-0.39, 0.29) is 12.0 Å². The lowest BCUT2D eigenvalue weighted by Crippen LogP contribution is -2.48. The molecule has 0 radical (unpaired) electrons. The lowest BCUT2D eigenvalue weighted by atomic mass is 10.0.